The summed E-state index contributed by atoms with van der Waals surface area (Å²) < 4.78 is 17.1. The highest BCUT2D eigenvalue weighted by Crippen LogP contribution is 2.29. The zero-order valence-electron chi connectivity index (χ0n) is 20.9. The van der Waals surface area contributed by atoms with Crippen LogP contribution in [0.3, 0.4) is 0 Å². The molecule has 0 radical (unpaired) electrons. The lowest BCUT2D eigenvalue weighted by Gasteiger charge is -2.21. The normalized spacial score (nSPS) is 14.1. The van der Waals surface area contributed by atoms with Gasteiger partial charge in [0.15, 0.2) is 18.1 Å². The number of hydrogen-bond donors (Lipinski definition) is 1. The Morgan fingerprint density at radius 1 is 0.943 bits per heavy atom. The molecule has 7 nitrogen and oxygen atoms in total. The van der Waals surface area contributed by atoms with Gasteiger partial charge in [0.05, 0.1) is 19.3 Å². The van der Waals surface area contributed by atoms with Gasteiger partial charge in [-0.2, -0.15) is 0 Å². The van der Waals surface area contributed by atoms with Crippen LogP contribution in [0.25, 0.3) is 6.08 Å². The highest BCUT2D eigenvalue weighted by Gasteiger charge is 2.20. The van der Waals surface area contributed by atoms with Crippen LogP contribution in [0.2, 0.25) is 0 Å². The maximum Gasteiger partial charge on any atom is 0.260 e. The fourth-order valence-corrected chi connectivity index (χ4v) is 4.06. The number of para-hydroxylation sites is 1. The number of benzene rings is 2. The maximum atomic E-state index is 12.7. The minimum atomic E-state index is -0.246. The number of amides is 2. The van der Waals surface area contributed by atoms with E-state index in [1.54, 1.807) is 6.08 Å². The standard InChI is InChI=1S/C28H36N2O5/c1-4-23(22-11-7-8-12-24(22)35-20-28(32)30-17-9-10-18-30)29-27(31)16-14-21-13-15-25(33-5-2)26(19-21)34-6-3/h7-8,11-16,19,23H,4-6,9-10,17-18,20H2,1-3H3,(H,29,31). The van der Waals surface area contributed by atoms with Crippen LogP contribution in [0, 0.1) is 0 Å². The molecule has 2 aromatic carbocycles. The summed E-state index contributed by atoms with van der Waals surface area (Å²) in [5, 5.41) is 3.05. The molecule has 7 heteroatoms. The van der Waals surface area contributed by atoms with Crippen molar-refractivity contribution in [1.82, 2.24) is 10.2 Å². The Morgan fingerprint density at radius 2 is 1.66 bits per heavy atom. The fraction of sp³-hybridized carbons (Fsp3) is 0.429. The predicted molar refractivity (Wildman–Crippen MR) is 137 cm³/mol. The molecule has 35 heavy (non-hydrogen) atoms. The zero-order valence-corrected chi connectivity index (χ0v) is 20.9. The Kier molecular flexibility index (Phi) is 10.0. The van der Waals surface area contributed by atoms with Gasteiger partial charge in [0.1, 0.15) is 5.75 Å². The van der Waals surface area contributed by atoms with Crippen LogP contribution in [0.5, 0.6) is 17.2 Å². The number of carbonyl (C=O) groups is 2. The van der Waals surface area contributed by atoms with E-state index in [9.17, 15) is 9.59 Å². The minimum absolute atomic E-state index is 0.000836. The topological polar surface area (TPSA) is 77.1 Å². The largest absolute Gasteiger partial charge is 0.490 e. The molecule has 1 unspecified atom stereocenters. The molecule has 0 saturated carbocycles. The van der Waals surface area contributed by atoms with Crippen molar-refractivity contribution in [3.05, 3.63) is 59.7 Å². The molecule has 188 valence electrons. The van der Waals surface area contributed by atoms with E-state index in [0.29, 0.717) is 36.9 Å². The number of carbonyl (C=O) groups excluding carboxylic acids is 2. The zero-order chi connectivity index (χ0) is 25.0. The van der Waals surface area contributed by atoms with E-state index in [2.05, 4.69) is 5.32 Å². The molecular formula is C28H36N2O5. The van der Waals surface area contributed by atoms with Crippen LogP contribution in [-0.2, 0) is 9.59 Å². The number of hydrogen-bond acceptors (Lipinski definition) is 5. The lowest BCUT2D eigenvalue weighted by atomic mass is 10.0. The van der Waals surface area contributed by atoms with Crippen LogP contribution >= 0.6 is 0 Å². The summed E-state index contributed by atoms with van der Waals surface area (Å²) in [6.07, 6.45) is 6.02. The van der Waals surface area contributed by atoms with Crippen molar-refractivity contribution in [2.75, 3.05) is 32.9 Å². The Labute approximate surface area is 208 Å². The van der Waals surface area contributed by atoms with Gasteiger partial charge < -0.3 is 24.4 Å². The molecule has 0 bridgehead atoms. The second-order valence-corrected chi connectivity index (χ2v) is 8.29. The Balaban J connectivity index is 1.65. The van der Waals surface area contributed by atoms with E-state index in [0.717, 1.165) is 37.1 Å². The molecule has 1 aliphatic rings. The summed E-state index contributed by atoms with van der Waals surface area (Å²) in [5.74, 6) is 1.73. The van der Waals surface area contributed by atoms with Gasteiger partial charge in [0.25, 0.3) is 5.91 Å². The minimum Gasteiger partial charge on any atom is -0.490 e. The summed E-state index contributed by atoms with van der Waals surface area (Å²) >= 11 is 0. The maximum absolute atomic E-state index is 12.7. The number of nitrogens with zero attached hydrogens (tertiary/aromatic N) is 1. The summed E-state index contributed by atoms with van der Waals surface area (Å²) in [4.78, 5) is 27.0. The van der Waals surface area contributed by atoms with Gasteiger partial charge in [-0.25, -0.2) is 0 Å². The third kappa shape index (κ3) is 7.50. The van der Waals surface area contributed by atoms with Crippen molar-refractivity contribution < 1.29 is 23.8 Å². The molecule has 0 aromatic heterocycles. The third-order valence-corrected chi connectivity index (χ3v) is 5.82. The van der Waals surface area contributed by atoms with Crippen LogP contribution in [0.15, 0.2) is 48.5 Å². The van der Waals surface area contributed by atoms with E-state index in [1.807, 2.05) is 68.1 Å². The molecule has 2 amide bonds. The molecular weight excluding hydrogens is 444 g/mol. The van der Waals surface area contributed by atoms with Crippen LogP contribution < -0.4 is 19.5 Å². The molecule has 0 spiro atoms. The van der Waals surface area contributed by atoms with Gasteiger partial charge in [0, 0.05) is 24.7 Å². The van der Waals surface area contributed by atoms with Gasteiger partial charge in [-0.15, -0.1) is 0 Å². The average Bonchev–Trinajstić information content (AvgIpc) is 3.42. The van der Waals surface area contributed by atoms with E-state index in [1.165, 1.54) is 6.08 Å². The molecule has 0 aliphatic carbocycles. The third-order valence-electron chi connectivity index (χ3n) is 5.82. The van der Waals surface area contributed by atoms with Crippen molar-refractivity contribution >= 4 is 17.9 Å². The van der Waals surface area contributed by atoms with E-state index in [-0.39, 0.29) is 24.5 Å². The second-order valence-electron chi connectivity index (χ2n) is 8.29. The van der Waals surface area contributed by atoms with E-state index < -0.39 is 0 Å². The van der Waals surface area contributed by atoms with Crippen molar-refractivity contribution in [1.29, 1.82) is 0 Å². The first-order chi connectivity index (χ1) is 17.0. The van der Waals surface area contributed by atoms with Gasteiger partial charge >= 0.3 is 0 Å². The molecule has 1 aliphatic heterocycles. The summed E-state index contributed by atoms with van der Waals surface area (Å²) in [6.45, 7) is 8.51. The van der Waals surface area contributed by atoms with Crippen LogP contribution in [0.4, 0.5) is 0 Å². The van der Waals surface area contributed by atoms with Gasteiger partial charge in [-0.05, 0) is 62.9 Å². The summed E-state index contributed by atoms with van der Waals surface area (Å²) in [7, 11) is 0. The Hall–Kier alpha value is -3.48. The van der Waals surface area contributed by atoms with Crippen molar-refractivity contribution in [3.8, 4) is 17.2 Å². The summed E-state index contributed by atoms with van der Waals surface area (Å²) in [6, 6.07) is 12.9. The number of likely N-dealkylation sites (tertiary alicyclic amines) is 1. The highest BCUT2D eigenvalue weighted by molar-refractivity contribution is 5.92. The quantitative estimate of drug-likeness (QED) is 0.443. The first kappa shape index (κ1) is 26.1. The van der Waals surface area contributed by atoms with Gasteiger partial charge in [-0.3, -0.25) is 9.59 Å². The van der Waals surface area contributed by atoms with Crippen LogP contribution in [-0.4, -0.2) is 49.6 Å². The Morgan fingerprint density at radius 3 is 2.37 bits per heavy atom. The molecule has 1 fully saturated rings. The lowest BCUT2D eigenvalue weighted by molar-refractivity contribution is -0.132. The van der Waals surface area contributed by atoms with Crippen molar-refractivity contribution in [2.24, 2.45) is 0 Å². The first-order valence-electron chi connectivity index (χ1n) is 12.4. The first-order valence-corrected chi connectivity index (χ1v) is 12.4. The van der Waals surface area contributed by atoms with E-state index in [4.69, 9.17) is 14.2 Å². The smallest absolute Gasteiger partial charge is 0.260 e. The lowest BCUT2D eigenvalue weighted by Crippen LogP contribution is -2.32. The van der Waals surface area contributed by atoms with Gasteiger partial charge in [-0.1, -0.05) is 31.2 Å². The second kappa shape index (κ2) is 13.4. The Bertz CT molecular complexity index is 1010. The average molecular weight is 481 g/mol. The molecule has 1 saturated heterocycles. The number of rotatable bonds is 12. The summed E-state index contributed by atoms with van der Waals surface area (Å²) in [5.41, 5.74) is 1.69. The SMILES string of the molecule is CCOc1ccc(C=CC(=O)NC(CC)c2ccccc2OCC(=O)N2CCCC2)cc1OCC. The monoisotopic (exact) mass is 480 g/mol. The molecule has 1 N–H and O–H groups in total. The molecule has 1 atom stereocenters. The van der Waals surface area contributed by atoms with Crippen molar-refractivity contribution in [3.63, 3.8) is 0 Å². The van der Waals surface area contributed by atoms with E-state index >= 15 is 0 Å². The number of ether oxygens (including phenoxy) is 3. The fourth-order valence-electron chi connectivity index (χ4n) is 4.06. The highest BCUT2D eigenvalue weighted by atomic mass is 16.5. The molecule has 1 heterocycles. The van der Waals surface area contributed by atoms with Gasteiger partial charge in [0.2, 0.25) is 5.91 Å². The van der Waals surface area contributed by atoms with Crippen molar-refractivity contribution in [2.45, 2.75) is 46.1 Å². The van der Waals surface area contributed by atoms with Crippen LogP contribution in [0.1, 0.15) is 57.2 Å². The predicted octanol–water partition coefficient (Wildman–Crippen LogP) is 4.77. The molecule has 2 aromatic rings. The number of nitrogens with one attached hydrogen (secondary N) is 1. The molecule has 3 rings (SSSR count).